The second-order valence-corrected chi connectivity index (χ2v) is 6.36. The molecule has 0 radical (unpaired) electrons. The van der Waals surface area contributed by atoms with Gasteiger partial charge in [0.15, 0.2) is 0 Å². The minimum absolute atomic E-state index is 0.0272. The summed E-state index contributed by atoms with van der Waals surface area (Å²) in [6, 6.07) is 8.86. The number of anilines is 1. The number of benzene rings is 1. The maximum atomic E-state index is 11.9. The highest BCUT2D eigenvalue weighted by Crippen LogP contribution is 2.16. The van der Waals surface area contributed by atoms with Gasteiger partial charge in [0.1, 0.15) is 0 Å². The third-order valence-electron chi connectivity index (χ3n) is 3.21. The van der Waals surface area contributed by atoms with Gasteiger partial charge in [-0.05, 0) is 53.6 Å². The number of thiophene rings is 1. The minimum atomic E-state index is -0.548. The molecule has 6 heteroatoms. The van der Waals surface area contributed by atoms with Gasteiger partial charge in [0.25, 0.3) is 0 Å². The van der Waals surface area contributed by atoms with E-state index in [-0.39, 0.29) is 11.9 Å². The lowest BCUT2D eigenvalue weighted by Crippen LogP contribution is -2.33. The maximum absolute atomic E-state index is 11.9. The number of aliphatic hydroxyl groups excluding tert-OH is 1. The molecule has 4 nitrogen and oxygen atoms in total. The molecule has 2 rings (SSSR count). The van der Waals surface area contributed by atoms with Crippen LogP contribution in [0.2, 0.25) is 5.02 Å². The van der Waals surface area contributed by atoms with Gasteiger partial charge in [-0.25, -0.2) is 0 Å². The van der Waals surface area contributed by atoms with Crippen LogP contribution in [0.1, 0.15) is 25.0 Å². The van der Waals surface area contributed by atoms with Crippen LogP contribution in [-0.2, 0) is 4.79 Å². The molecule has 2 atom stereocenters. The van der Waals surface area contributed by atoms with E-state index in [4.69, 9.17) is 11.6 Å². The zero-order chi connectivity index (χ0) is 15.9. The lowest BCUT2D eigenvalue weighted by atomic mass is 10.1. The fourth-order valence-corrected chi connectivity index (χ4v) is 2.82. The van der Waals surface area contributed by atoms with Crippen molar-refractivity contribution in [3.8, 4) is 0 Å². The predicted octanol–water partition coefficient (Wildman–Crippen LogP) is 3.44. The van der Waals surface area contributed by atoms with Crippen molar-refractivity contribution in [3.05, 3.63) is 51.7 Å². The molecule has 2 aromatic rings. The van der Waals surface area contributed by atoms with Gasteiger partial charge in [0.05, 0.1) is 6.10 Å². The van der Waals surface area contributed by atoms with Crippen LogP contribution in [0.15, 0.2) is 41.1 Å². The van der Waals surface area contributed by atoms with Crippen LogP contribution < -0.4 is 10.6 Å². The average Bonchev–Trinajstić information content (AvgIpc) is 3.01. The number of carbonyl (C=O) groups is 1. The van der Waals surface area contributed by atoms with Crippen molar-refractivity contribution in [1.29, 1.82) is 0 Å². The molecule has 0 bridgehead atoms. The minimum Gasteiger partial charge on any atom is -0.387 e. The highest BCUT2D eigenvalue weighted by Gasteiger charge is 2.12. The van der Waals surface area contributed by atoms with Crippen molar-refractivity contribution >= 4 is 34.5 Å². The van der Waals surface area contributed by atoms with Crippen LogP contribution in [0.3, 0.4) is 0 Å². The van der Waals surface area contributed by atoms with Gasteiger partial charge >= 0.3 is 0 Å². The lowest BCUT2D eigenvalue weighted by molar-refractivity contribution is -0.116. The number of rotatable bonds is 7. The van der Waals surface area contributed by atoms with Gasteiger partial charge in [0, 0.05) is 29.7 Å². The molecule has 0 saturated heterocycles. The Labute approximate surface area is 139 Å². The summed E-state index contributed by atoms with van der Waals surface area (Å²) in [5.41, 5.74) is 1.62. The van der Waals surface area contributed by atoms with Crippen molar-refractivity contribution in [3.63, 3.8) is 0 Å². The van der Waals surface area contributed by atoms with Crippen molar-refractivity contribution < 1.29 is 9.90 Å². The molecule has 3 N–H and O–H groups in total. The Kier molecular flexibility index (Phi) is 6.39. The van der Waals surface area contributed by atoms with Crippen molar-refractivity contribution in [2.75, 3.05) is 11.9 Å². The molecule has 0 unspecified atom stereocenters. The van der Waals surface area contributed by atoms with E-state index in [1.54, 1.807) is 35.6 Å². The number of carbonyl (C=O) groups excluding carboxylic acids is 1. The molecule has 1 heterocycles. The van der Waals surface area contributed by atoms with Gasteiger partial charge in [-0.1, -0.05) is 11.6 Å². The molecule has 0 aliphatic rings. The maximum Gasteiger partial charge on any atom is 0.225 e. The third kappa shape index (κ3) is 5.42. The van der Waals surface area contributed by atoms with Crippen LogP contribution in [-0.4, -0.2) is 23.6 Å². The quantitative estimate of drug-likeness (QED) is 0.724. The Bertz CT molecular complexity index is 587. The summed E-state index contributed by atoms with van der Waals surface area (Å²) in [6.45, 7) is 2.34. The Morgan fingerprint density at radius 1 is 1.32 bits per heavy atom. The molecule has 0 aliphatic heterocycles. The van der Waals surface area contributed by atoms with Crippen molar-refractivity contribution in [2.45, 2.75) is 25.5 Å². The Morgan fingerprint density at radius 2 is 2.05 bits per heavy atom. The molecule has 118 valence electrons. The Morgan fingerprint density at radius 3 is 2.68 bits per heavy atom. The number of amides is 1. The van der Waals surface area contributed by atoms with Gasteiger partial charge in [-0.2, -0.15) is 11.3 Å². The monoisotopic (exact) mass is 338 g/mol. The smallest absolute Gasteiger partial charge is 0.225 e. The van der Waals surface area contributed by atoms with E-state index in [1.165, 1.54) is 0 Å². The standard InChI is InChI=1S/C16H19ClN2O2S/c1-11(18-9-15(20)12-6-7-22-10-12)8-16(21)19-14-4-2-13(17)3-5-14/h2-7,10-11,15,18,20H,8-9H2,1H3,(H,19,21)/t11-,15+/m0/s1. The molecule has 0 saturated carbocycles. The first-order chi connectivity index (χ1) is 10.5. The molecular formula is C16H19ClN2O2S. The molecule has 22 heavy (non-hydrogen) atoms. The van der Waals surface area contributed by atoms with Crippen LogP contribution in [0.4, 0.5) is 5.69 Å². The molecule has 1 aromatic heterocycles. The fraction of sp³-hybridized carbons (Fsp3) is 0.312. The van der Waals surface area contributed by atoms with E-state index in [0.29, 0.717) is 18.0 Å². The number of hydrogen-bond acceptors (Lipinski definition) is 4. The zero-order valence-electron chi connectivity index (χ0n) is 12.3. The molecule has 0 aliphatic carbocycles. The summed E-state index contributed by atoms with van der Waals surface area (Å²) in [5.74, 6) is -0.0765. The van der Waals surface area contributed by atoms with Crippen LogP contribution in [0.25, 0.3) is 0 Å². The average molecular weight is 339 g/mol. The second-order valence-electron chi connectivity index (χ2n) is 5.14. The Balaban J connectivity index is 1.73. The molecule has 0 fully saturated rings. The van der Waals surface area contributed by atoms with Crippen LogP contribution >= 0.6 is 22.9 Å². The molecular weight excluding hydrogens is 320 g/mol. The van der Waals surface area contributed by atoms with E-state index in [0.717, 1.165) is 11.3 Å². The summed E-state index contributed by atoms with van der Waals surface area (Å²) in [6.07, 6.45) is -0.216. The van der Waals surface area contributed by atoms with Crippen LogP contribution in [0, 0.1) is 0 Å². The predicted molar refractivity (Wildman–Crippen MR) is 91.4 cm³/mol. The van der Waals surface area contributed by atoms with E-state index in [1.807, 2.05) is 23.8 Å². The van der Waals surface area contributed by atoms with Gasteiger partial charge in [0.2, 0.25) is 5.91 Å². The summed E-state index contributed by atoms with van der Waals surface area (Å²) in [7, 11) is 0. The van der Waals surface area contributed by atoms with E-state index in [9.17, 15) is 9.90 Å². The van der Waals surface area contributed by atoms with E-state index >= 15 is 0 Å². The Hall–Kier alpha value is -1.40. The number of nitrogens with one attached hydrogen (secondary N) is 2. The lowest BCUT2D eigenvalue weighted by Gasteiger charge is -2.16. The first-order valence-electron chi connectivity index (χ1n) is 7.03. The highest BCUT2D eigenvalue weighted by atomic mass is 35.5. The van der Waals surface area contributed by atoms with Crippen molar-refractivity contribution in [2.24, 2.45) is 0 Å². The SMILES string of the molecule is C[C@@H](CC(=O)Nc1ccc(Cl)cc1)NC[C@@H](O)c1ccsc1. The normalized spacial score (nSPS) is 13.6. The van der Waals surface area contributed by atoms with Gasteiger partial charge in [-0.15, -0.1) is 0 Å². The molecule has 1 amide bonds. The number of hydrogen-bond donors (Lipinski definition) is 3. The second kappa shape index (κ2) is 8.29. The zero-order valence-corrected chi connectivity index (χ0v) is 13.8. The van der Waals surface area contributed by atoms with Gasteiger partial charge in [-0.3, -0.25) is 4.79 Å². The topological polar surface area (TPSA) is 61.4 Å². The molecule has 0 spiro atoms. The summed E-state index contributed by atoms with van der Waals surface area (Å²) in [5, 5.41) is 20.5. The van der Waals surface area contributed by atoms with E-state index in [2.05, 4.69) is 10.6 Å². The number of aliphatic hydroxyl groups is 1. The fourth-order valence-electron chi connectivity index (χ4n) is 1.99. The number of halogens is 1. The summed E-state index contributed by atoms with van der Waals surface area (Å²) >= 11 is 7.35. The summed E-state index contributed by atoms with van der Waals surface area (Å²) in [4.78, 5) is 11.9. The highest BCUT2D eigenvalue weighted by molar-refractivity contribution is 7.07. The first-order valence-corrected chi connectivity index (χ1v) is 8.35. The largest absolute Gasteiger partial charge is 0.387 e. The first kappa shape index (κ1) is 17.0. The van der Waals surface area contributed by atoms with Crippen molar-refractivity contribution in [1.82, 2.24) is 5.32 Å². The van der Waals surface area contributed by atoms with E-state index < -0.39 is 6.10 Å². The van der Waals surface area contributed by atoms with Gasteiger partial charge < -0.3 is 15.7 Å². The summed E-state index contributed by atoms with van der Waals surface area (Å²) < 4.78 is 0. The molecule has 1 aromatic carbocycles. The third-order valence-corrected chi connectivity index (χ3v) is 4.16. The van der Waals surface area contributed by atoms with Crippen LogP contribution in [0.5, 0.6) is 0 Å².